The van der Waals surface area contributed by atoms with Crippen LogP contribution >= 0.6 is 0 Å². The number of hydrogen-bond acceptors (Lipinski definition) is 2. The third-order valence-corrected chi connectivity index (χ3v) is 2.73. The molecule has 0 saturated carbocycles. The van der Waals surface area contributed by atoms with Crippen LogP contribution in [0.4, 0.5) is 0 Å². The van der Waals surface area contributed by atoms with E-state index in [2.05, 4.69) is 24.4 Å². The average molecular weight is 182 g/mol. The van der Waals surface area contributed by atoms with Crippen molar-refractivity contribution in [1.82, 2.24) is 5.32 Å². The number of hydrogen-bond donors (Lipinski definition) is 2. The smallest absolute Gasteiger partial charge is 0.00508 e. The lowest BCUT2D eigenvalue weighted by molar-refractivity contribution is 0.404. The molecule has 0 bridgehead atoms. The fourth-order valence-corrected chi connectivity index (χ4v) is 1.76. The van der Waals surface area contributed by atoms with Crippen molar-refractivity contribution in [3.63, 3.8) is 0 Å². The molecular weight excluding hydrogens is 160 g/mol. The van der Waals surface area contributed by atoms with Gasteiger partial charge < -0.3 is 11.1 Å². The van der Waals surface area contributed by atoms with Gasteiger partial charge in [0.05, 0.1) is 0 Å². The summed E-state index contributed by atoms with van der Waals surface area (Å²) in [6, 6.07) is 0.580. The minimum Gasteiger partial charge on any atom is -0.330 e. The summed E-state index contributed by atoms with van der Waals surface area (Å²) >= 11 is 0. The van der Waals surface area contributed by atoms with Crippen LogP contribution in [-0.2, 0) is 0 Å². The minimum atomic E-state index is 0.580. The maximum atomic E-state index is 5.49. The monoisotopic (exact) mass is 182 g/mol. The van der Waals surface area contributed by atoms with Crippen molar-refractivity contribution in [1.29, 1.82) is 0 Å². The molecular formula is C11H22N2. The Balaban J connectivity index is 2.07. The first kappa shape index (κ1) is 10.7. The highest BCUT2D eigenvalue weighted by molar-refractivity contribution is 4.90. The van der Waals surface area contributed by atoms with E-state index in [1.807, 2.05) is 0 Å². The summed E-state index contributed by atoms with van der Waals surface area (Å²) in [5, 5.41) is 3.54. The second-order valence-corrected chi connectivity index (χ2v) is 4.04. The molecule has 2 nitrogen and oxygen atoms in total. The third kappa shape index (κ3) is 4.44. The SMILES string of the molecule is CC(CCN)NCC1CC=CCC1. The molecule has 0 spiro atoms. The van der Waals surface area contributed by atoms with E-state index in [1.54, 1.807) is 0 Å². The summed E-state index contributed by atoms with van der Waals surface area (Å²) in [5.41, 5.74) is 5.49. The highest BCUT2D eigenvalue weighted by Crippen LogP contribution is 2.17. The van der Waals surface area contributed by atoms with E-state index in [0.717, 1.165) is 25.4 Å². The van der Waals surface area contributed by atoms with Crippen molar-refractivity contribution < 1.29 is 0 Å². The van der Waals surface area contributed by atoms with Crippen molar-refractivity contribution in [2.24, 2.45) is 11.7 Å². The van der Waals surface area contributed by atoms with Gasteiger partial charge in [-0.15, -0.1) is 0 Å². The maximum Gasteiger partial charge on any atom is 0.00508 e. The van der Waals surface area contributed by atoms with Crippen molar-refractivity contribution in [2.75, 3.05) is 13.1 Å². The molecule has 0 fully saturated rings. The molecule has 76 valence electrons. The van der Waals surface area contributed by atoms with Crippen LogP contribution in [0.25, 0.3) is 0 Å². The topological polar surface area (TPSA) is 38.0 Å². The van der Waals surface area contributed by atoms with Crippen LogP contribution in [0.3, 0.4) is 0 Å². The summed E-state index contributed by atoms with van der Waals surface area (Å²) in [7, 11) is 0. The Labute approximate surface area is 81.6 Å². The standard InChI is InChI=1S/C11H22N2/c1-10(7-8-12)13-9-11-5-3-2-4-6-11/h2-3,10-11,13H,4-9,12H2,1H3. The lowest BCUT2D eigenvalue weighted by Crippen LogP contribution is -2.33. The molecule has 3 N–H and O–H groups in total. The van der Waals surface area contributed by atoms with Gasteiger partial charge in [0.2, 0.25) is 0 Å². The summed E-state index contributed by atoms with van der Waals surface area (Å²) in [4.78, 5) is 0. The molecule has 1 aliphatic rings. The molecule has 0 aromatic rings. The first-order valence-electron chi connectivity index (χ1n) is 5.41. The summed E-state index contributed by atoms with van der Waals surface area (Å²) < 4.78 is 0. The zero-order valence-electron chi connectivity index (χ0n) is 8.63. The Morgan fingerprint density at radius 3 is 3.00 bits per heavy atom. The number of allylic oxidation sites excluding steroid dienone is 2. The number of nitrogens with two attached hydrogens (primary N) is 1. The van der Waals surface area contributed by atoms with Crippen LogP contribution in [0.5, 0.6) is 0 Å². The van der Waals surface area contributed by atoms with E-state index in [0.29, 0.717) is 6.04 Å². The lowest BCUT2D eigenvalue weighted by Gasteiger charge is -2.21. The normalized spacial score (nSPS) is 24.6. The second kappa shape index (κ2) is 6.17. The minimum absolute atomic E-state index is 0.580. The summed E-state index contributed by atoms with van der Waals surface area (Å²) in [6.45, 7) is 4.16. The molecule has 2 heteroatoms. The summed E-state index contributed by atoms with van der Waals surface area (Å²) in [6.07, 6.45) is 9.55. The highest BCUT2D eigenvalue weighted by atomic mass is 14.9. The van der Waals surface area contributed by atoms with Gasteiger partial charge >= 0.3 is 0 Å². The van der Waals surface area contributed by atoms with E-state index in [1.165, 1.54) is 19.3 Å². The fourth-order valence-electron chi connectivity index (χ4n) is 1.76. The van der Waals surface area contributed by atoms with Gasteiger partial charge in [-0.3, -0.25) is 0 Å². The molecule has 0 aromatic carbocycles. The van der Waals surface area contributed by atoms with Gasteiger partial charge in [-0.25, -0.2) is 0 Å². The molecule has 0 radical (unpaired) electrons. The van der Waals surface area contributed by atoms with Gasteiger partial charge in [-0.05, 0) is 51.6 Å². The maximum absolute atomic E-state index is 5.49. The predicted molar refractivity (Wildman–Crippen MR) is 57.6 cm³/mol. The van der Waals surface area contributed by atoms with E-state index in [9.17, 15) is 0 Å². The third-order valence-electron chi connectivity index (χ3n) is 2.73. The lowest BCUT2D eigenvalue weighted by atomic mass is 9.94. The van der Waals surface area contributed by atoms with Crippen LogP contribution in [0, 0.1) is 5.92 Å². The van der Waals surface area contributed by atoms with Crippen LogP contribution in [0.2, 0.25) is 0 Å². The second-order valence-electron chi connectivity index (χ2n) is 4.04. The molecule has 2 unspecified atom stereocenters. The van der Waals surface area contributed by atoms with E-state index in [-0.39, 0.29) is 0 Å². The van der Waals surface area contributed by atoms with E-state index >= 15 is 0 Å². The molecule has 0 aliphatic heterocycles. The van der Waals surface area contributed by atoms with E-state index in [4.69, 9.17) is 5.73 Å². The highest BCUT2D eigenvalue weighted by Gasteiger charge is 2.10. The first-order valence-corrected chi connectivity index (χ1v) is 5.41. The van der Waals surface area contributed by atoms with Crippen LogP contribution in [0.15, 0.2) is 12.2 Å². The van der Waals surface area contributed by atoms with Gasteiger partial charge in [0.15, 0.2) is 0 Å². The molecule has 0 saturated heterocycles. The van der Waals surface area contributed by atoms with Crippen LogP contribution in [0.1, 0.15) is 32.6 Å². The molecule has 0 heterocycles. The molecule has 1 rings (SSSR count). The Hall–Kier alpha value is -0.340. The Kier molecular flexibility index (Phi) is 5.09. The number of rotatable bonds is 5. The quantitative estimate of drug-likeness (QED) is 0.635. The van der Waals surface area contributed by atoms with Crippen molar-refractivity contribution >= 4 is 0 Å². The molecule has 13 heavy (non-hydrogen) atoms. The zero-order valence-corrected chi connectivity index (χ0v) is 8.63. The van der Waals surface area contributed by atoms with Crippen molar-refractivity contribution in [2.45, 2.75) is 38.6 Å². The van der Waals surface area contributed by atoms with E-state index < -0.39 is 0 Å². The molecule has 0 aromatic heterocycles. The summed E-state index contributed by atoms with van der Waals surface area (Å²) in [5.74, 6) is 0.852. The van der Waals surface area contributed by atoms with Gasteiger partial charge in [-0.2, -0.15) is 0 Å². The van der Waals surface area contributed by atoms with Gasteiger partial charge in [0.1, 0.15) is 0 Å². The largest absolute Gasteiger partial charge is 0.330 e. The Morgan fingerprint density at radius 1 is 1.54 bits per heavy atom. The molecule has 1 aliphatic carbocycles. The van der Waals surface area contributed by atoms with Gasteiger partial charge in [0, 0.05) is 6.04 Å². The Morgan fingerprint density at radius 2 is 2.38 bits per heavy atom. The molecule has 0 amide bonds. The first-order chi connectivity index (χ1) is 6.33. The molecule has 2 atom stereocenters. The van der Waals surface area contributed by atoms with Crippen molar-refractivity contribution in [3.8, 4) is 0 Å². The van der Waals surface area contributed by atoms with Crippen molar-refractivity contribution in [3.05, 3.63) is 12.2 Å². The average Bonchev–Trinajstić information content (AvgIpc) is 2.17. The van der Waals surface area contributed by atoms with Gasteiger partial charge in [-0.1, -0.05) is 12.2 Å². The van der Waals surface area contributed by atoms with Crippen LogP contribution in [-0.4, -0.2) is 19.1 Å². The zero-order chi connectivity index (χ0) is 9.52. The van der Waals surface area contributed by atoms with Gasteiger partial charge in [0.25, 0.3) is 0 Å². The Bertz CT molecular complexity index is 154. The fraction of sp³-hybridized carbons (Fsp3) is 0.818. The predicted octanol–water partition coefficient (Wildman–Crippen LogP) is 1.67. The number of nitrogens with one attached hydrogen (secondary N) is 1. The van der Waals surface area contributed by atoms with Crippen LogP contribution < -0.4 is 11.1 Å².